The average Bonchev–Trinajstić information content (AvgIpc) is 1.65. The molecule has 0 aliphatic rings. The molecule has 46 valence electrons. The Morgan fingerprint density at radius 1 is 1.88 bits per heavy atom. The summed E-state index contributed by atoms with van der Waals surface area (Å²) in [6, 6.07) is -1.15. The van der Waals surface area contributed by atoms with Crippen molar-refractivity contribution in [2.24, 2.45) is 5.73 Å². The predicted molar refractivity (Wildman–Crippen MR) is 31.7 cm³/mol. The van der Waals surface area contributed by atoms with Gasteiger partial charge in [-0.25, -0.2) is 4.79 Å². The number of terminal acetylenes is 1. The molecule has 0 rings (SSSR count). The van der Waals surface area contributed by atoms with Gasteiger partial charge < -0.3 is 10.8 Å². The molecule has 0 unspecified atom stereocenters. The quantitative estimate of drug-likeness (QED) is 0.475. The van der Waals surface area contributed by atoms with Crippen LogP contribution in [0.2, 0.25) is 0 Å². The van der Waals surface area contributed by atoms with Crippen LogP contribution >= 0.6 is 12.4 Å². The fourth-order valence-electron chi connectivity index (χ4n) is 0.0713. The molecule has 0 radical (unpaired) electrons. The molecule has 3 N–H and O–H groups in total. The third-order valence-electron chi connectivity index (χ3n) is 0.446. The lowest BCUT2D eigenvalue weighted by molar-refractivity contribution is -0.137. The van der Waals surface area contributed by atoms with E-state index in [0.717, 1.165) is 0 Å². The van der Waals surface area contributed by atoms with Crippen LogP contribution in [0.15, 0.2) is 0 Å². The zero-order valence-corrected chi connectivity index (χ0v) is 4.81. The van der Waals surface area contributed by atoms with E-state index in [0.29, 0.717) is 0 Å². The van der Waals surface area contributed by atoms with E-state index in [1.54, 1.807) is 0 Å². The first-order valence-electron chi connectivity index (χ1n) is 1.63. The van der Waals surface area contributed by atoms with Crippen molar-refractivity contribution in [2.45, 2.75) is 6.04 Å². The molecule has 0 amide bonds. The van der Waals surface area contributed by atoms with E-state index >= 15 is 0 Å². The number of carbonyl (C=O) groups is 1. The maximum absolute atomic E-state index is 9.66. The van der Waals surface area contributed by atoms with E-state index in [1.165, 1.54) is 0 Å². The van der Waals surface area contributed by atoms with Gasteiger partial charge in [-0.1, -0.05) is 5.92 Å². The Bertz CT molecular complexity index is 118. The number of nitrogens with two attached hydrogens (primary N) is 1. The van der Waals surface area contributed by atoms with Crippen LogP contribution in [0.25, 0.3) is 0 Å². The molecular weight excluding hydrogens is 130 g/mol. The Morgan fingerprint density at radius 2 is 2.25 bits per heavy atom. The van der Waals surface area contributed by atoms with Crippen molar-refractivity contribution in [2.75, 3.05) is 0 Å². The molecule has 0 aromatic heterocycles. The lowest BCUT2D eigenvalue weighted by atomic mass is 10.3. The van der Waals surface area contributed by atoms with Crippen LogP contribution in [0, 0.1) is 12.3 Å². The van der Waals surface area contributed by atoms with E-state index < -0.39 is 12.0 Å². The number of aliphatic carboxylic acids is 1. The first-order chi connectivity index (χ1) is 3.18. The molecule has 0 aliphatic heterocycles. The molecular formula is C4H6ClNO2. The minimum absolute atomic E-state index is 0. The Hall–Kier alpha value is -0.720. The molecule has 8 heavy (non-hydrogen) atoms. The van der Waals surface area contributed by atoms with Gasteiger partial charge in [0.2, 0.25) is 0 Å². The van der Waals surface area contributed by atoms with Crippen molar-refractivity contribution in [1.29, 1.82) is 0 Å². The van der Waals surface area contributed by atoms with Gasteiger partial charge >= 0.3 is 5.97 Å². The highest BCUT2D eigenvalue weighted by atomic mass is 35.5. The van der Waals surface area contributed by atoms with Gasteiger partial charge in [-0.2, -0.15) is 0 Å². The van der Waals surface area contributed by atoms with Gasteiger partial charge in [-0.3, -0.25) is 0 Å². The van der Waals surface area contributed by atoms with Crippen molar-refractivity contribution >= 4 is 18.4 Å². The first-order valence-corrected chi connectivity index (χ1v) is 1.63. The maximum Gasteiger partial charge on any atom is 0.333 e. The molecule has 1 atom stereocenters. The second-order valence-corrected chi connectivity index (χ2v) is 0.983. The van der Waals surface area contributed by atoms with Gasteiger partial charge in [0, 0.05) is 0 Å². The number of carboxylic acids is 1. The molecule has 0 fully saturated rings. The second kappa shape index (κ2) is 4.44. The number of halogens is 1. The predicted octanol–water partition coefficient (Wildman–Crippen LogP) is -0.547. The third-order valence-corrected chi connectivity index (χ3v) is 0.446. The summed E-state index contributed by atoms with van der Waals surface area (Å²) in [6.45, 7) is 0. The van der Waals surface area contributed by atoms with E-state index in [2.05, 4.69) is 6.42 Å². The molecule has 0 aliphatic carbocycles. The summed E-state index contributed by atoms with van der Waals surface area (Å²) in [6.07, 6.45) is 4.62. The highest BCUT2D eigenvalue weighted by Crippen LogP contribution is 1.69. The lowest BCUT2D eigenvalue weighted by Crippen LogP contribution is -2.27. The van der Waals surface area contributed by atoms with Gasteiger partial charge in [0.1, 0.15) is 0 Å². The molecule has 0 saturated heterocycles. The van der Waals surface area contributed by atoms with Crippen molar-refractivity contribution in [3.63, 3.8) is 0 Å². The topological polar surface area (TPSA) is 63.3 Å². The summed E-state index contributed by atoms with van der Waals surface area (Å²) in [4.78, 5) is 9.66. The van der Waals surface area contributed by atoms with Gasteiger partial charge in [0.25, 0.3) is 0 Å². The molecule has 0 aromatic rings. The Balaban J connectivity index is 0. The molecule has 0 saturated carbocycles. The molecule has 4 heteroatoms. The Kier molecular flexibility index (Phi) is 5.71. The molecule has 0 bridgehead atoms. The van der Waals surface area contributed by atoms with Crippen LogP contribution < -0.4 is 5.73 Å². The zero-order chi connectivity index (χ0) is 5.86. The smallest absolute Gasteiger partial charge is 0.333 e. The van der Waals surface area contributed by atoms with Gasteiger partial charge in [-0.15, -0.1) is 18.8 Å². The largest absolute Gasteiger partial charge is 0.479 e. The number of hydrogen-bond donors (Lipinski definition) is 2. The molecule has 0 heterocycles. The fourth-order valence-corrected chi connectivity index (χ4v) is 0.0713. The Morgan fingerprint density at radius 3 is 2.25 bits per heavy atom. The maximum atomic E-state index is 9.66. The van der Waals surface area contributed by atoms with Crippen molar-refractivity contribution < 1.29 is 9.90 Å². The van der Waals surface area contributed by atoms with Gasteiger partial charge in [-0.05, 0) is 0 Å². The van der Waals surface area contributed by atoms with Crippen LogP contribution in [-0.2, 0) is 4.79 Å². The standard InChI is InChI=1S/C4H5NO2.ClH/c1-2-3(5)4(6)7;/h1,3H,5H2,(H,6,7);1H/t3-;/m1./s1. The molecule has 0 spiro atoms. The summed E-state index contributed by atoms with van der Waals surface area (Å²) >= 11 is 0. The van der Waals surface area contributed by atoms with E-state index in [9.17, 15) is 4.79 Å². The number of carboxylic acid groups (broad SMARTS) is 1. The van der Waals surface area contributed by atoms with Crippen LogP contribution in [-0.4, -0.2) is 17.1 Å². The summed E-state index contributed by atoms with van der Waals surface area (Å²) in [5, 5.41) is 7.91. The lowest BCUT2D eigenvalue weighted by Gasteiger charge is -1.90. The molecule has 3 nitrogen and oxygen atoms in total. The van der Waals surface area contributed by atoms with Crippen molar-refractivity contribution in [3.05, 3.63) is 0 Å². The minimum Gasteiger partial charge on any atom is -0.479 e. The normalized spacial score (nSPS) is 10.5. The van der Waals surface area contributed by atoms with E-state index in [4.69, 9.17) is 10.8 Å². The monoisotopic (exact) mass is 135 g/mol. The van der Waals surface area contributed by atoms with Crippen LogP contribution in [0.1, 0.15) is 0 Å². The number of rotatable bonds is 1. The summed E-state index contributed by atoms with van der Waals surface area (Å²) in [5.41, 5.74) is 4.78. The summed E-state index contributed by atoms with van der Waals surface area (Å²) in [5.74, 6) is 0.678. The average molecular weight is 136 g/mol. The third kappa shape index (κ3) is 3.47. The second-order valence-electron chi connectivity index (χ2n) is 0.983. The van der Waals surface area contributed by atoms with Crippen molar-refractivity contribution in [1.82, 2.24) is 0 Å². The highest BCUT2D eigenvalue weighted by molar-refractivity contribution is 5.85. The van der Waals surface area contributed by atoms with Crippen LogP contribution in [0.5, 0.6) is 0 Å². The highest BCUT2D eigenvalue weighted by Gasteiger charge is 2.03. The first kappa shape index (κ1) is 10.3. The van der Waals surface area contributed by atoms with Crippen molar-refractivity contribution in [3.8, 4) is 12.3 Å². The van der Waals surface area contributed by atoms with Gasteiger partial charge in [0.15, 0.2) is 6.04 Å². The van der Waals surface area contributed by atoms with Crippen LogP contribution in [0.4, 0.5) is 0 Å². The van der Waals surface area contributed by atoms with E-state index in [1.807, 2.05) is 5.92 Å². The molecule has 0 aromatic carbocycles. The van der Waals surface area contributed by atoms with Crippen LogP contribution in [0.3, 0.4) is 0 Å². The number of hydrogen-bond acceptors (Lipinski definition) is 2. The fraction of sp³-hybridized carbons (Fsp3) is 0.250. The summed E-state index contributed by atoms with van der Waals surface area (Å²) < 4.78 is 0. The zero-order valence-electron chi connectivity index (χ0n) is 4.00. The van der Waals surface area contributed by atoms with E-state index in [-0.39, 0.29) is 12.4 Å². The SMILES string of the molecule is C#C[C@@H](N)C(=O)O.Cl. The Labute approximate surface area is 53.3 Å². The van der Waals surface area contributed by atoms with Gasteiger partial charge in [0.05, 0.1) is 0 Å². The minimum atomic E-state index is -1.16. The summed E-state index contributed by atoms with van der Waals surface area (Å²) in [7, 11) is 0.